The van der Waals surface area contributed by atoms with Gasteiger partial charge in [0.1, 0.15) is 0 Å². The van der Waals surface area contributed by atoms with Gasteiger partial charge in [-0.05, 0) is 46.2 Å². The predicted octanol–water partition coefficient (Wildman–Crippen LogP) is 8.28. The van der Waals surface area contributed by atoms with Gasteiger partial charge in [0, 0.05) is 31.8 Å². The Bertz CT molecular complexity index is 1370. The highest BCUT2D eigenvalue weighted by Gasteiger charge is 2.24. The van der Waals surface area contributed by atoms with Crippen molar-refractivity contribution in [1.82, 2.24) is 4.98 Å². The molecule has 5 rings (SSSR count). The molecule has 0 unspecified atom stereocenters. The number of thiophene rings is 1. The van der Waals surface area contributed by atoms with Crippen molar-refractivity contribution < 1.29 is 0 Å². The zero-order chi connectivity index (χ0) is 19.8. The van der Waals surface area contributed by atoms with Crippen molar-refractivity contribution in [3.8, 4) is 0 Å². The van der Waals surface area contributed by atoms with E-state index in [0.29, 0.717) is 0 Å². The maximum absolute atomic E-state index is 3.75. The zero-order valence-electron chi connectivity index (χ0n) is 17.5. The molecule has 0 saturated heterocycles. The van der Waals surface area contributed by atoms with Crippen LogP contribution in [0.25, 0.3) is 42.0 Å². The molecule has 0 atom stereocenters. The molecule has 1 N–H and O–H groups in total. The summed E-state index contributed by atoms with van der Waals surface area (Å²) < 4.78 is 2.75. The lowest BCUT2D eigenvalue weighted by atomic mass is 9.83. The van der Waals surface area contributed by atoms with E-state index in [0.717, 1.165) is 0 Å². The van der Waals surface area contributed by atoms with Crippen LogP contribution >= 0.6 is 11.3 Å². The number of hydrogen-bond acceptors (Lipinski definition) is 1. The van der Waals surface area contributed by atoms with E-state index < -0.39 is 0 Å². The molecule has 0 spiro atoms. The van der Waals surface area contributed by atoms with E-state index in [1.807, 2.05) is 11.3 Å². The standard InChI is InChI=1S/C26H27NS/c1-25(2,3)15-11-12-20-17(13-15)18-14-19(26(4,5)6)22-16-9-7-8-10-21(16)28-24(22)23(18)27-20/h7-14,27H,1-6H3. The van der Waals surface area contributed by atoms with Crippen molar-refractivity contribution in [2.75, 3.05) is 0 Å². The molecular formula is C26H27NS. The highest BCUT2D eigenvalue weighted by atomic mass is 32.1. The number of fused-ring (bicyclic) bond motifs is 7. The Morgan fingerprint density at radius 3 is 2.21 bits per heavy atom. The van der Waals surface area contributed by atoms with Gasteiger partial charge in [-0.3, -0.25) is 0 Å². The summed E-state index contributed by atoms with van der Waals surface area (Å²) in [5.41, 5.74) is 5.57. The molecular weight excluding hydrogens is 358 g/mol. The minimum Gasteiger partial charge on any atom is -0.353 e. The number of aromatic amines is 1. The molecule has 2 heterocycles. The van der Waals surface area contributed by atoms with E-state index in [4.69, 9.17) is 0 Å². The fraction of sp³-hybridized carbons (Fsp3) is 0.308. The molecule has 0 radical (unpaired) electrons. The number of aromatic nitrogens is 1. The van der Waals surface area contributed by atoms with Crippen molar-refractivity contribution in [3.05, 3.63) is 59.7 Å². The van der Waals surface area contributed by atoms with Gasteiger partial charge >= 0.3 is 0 Å². The summed E-state index contributed by atoms with van der Waals surface area (Å²) in [7, 11) is 0. The van der Waals surface area contributed by atoms with Gasteiger partial charge < -0.3 is 4.98 Å². The summed E-state index contributed by atoms with van der Waals surface area (Å²) in [6.07, 6.45) is 0. The second-order valence-corrected chi connectivity index (χ2v) is 11.1. The highest BCUT2D eigenvalue weighted by molar-refractivity contribution is 7.26. The Hall–Kier alpha value is -2.32. The third kappa shape index (κ3) is 2.51. The summed E-state index contributed by atoms with van der Waals surface area (Å²) in [6.45, 7) is 13.8. The van der Waals surface area contributed by atoms with Crippen molar-refractivity contribution in [2.45, 2.75) is 52.4 Å². The minimum atomic E-state index is 0.0848. The second kappa shape index (κ2) is 5.61. The van der Waals surface area contributed by atoms with Crippen LogP contribution in [0.15, 0.2) is 48.5 Å². The second-order valence-electron chi connectivity index (χ2n) is 10.0. The van der Waals surface area contributed by atoms with Crippen LogP contribution in [0.5, 0.6) is 0 Å². The smallest absolute Gasteiger partial charge is 0.0646 e. The summed E-state index contributed by atoms with van der Waals surface area (Å²) in [6, 6.07) is 18.2. The van der Waals surface area contributed by atoms with Gasteiger partial charge in [-0.15, -0.1) is 11.3 Å². The summed E-state index contributed by atoms with van der Waals surface area (Å²) in [5.74, 6) is 0. The molecule has 2 aromatic heterocycles. The van der Waals surface area contributed by atoms with Crippen LogP contribution in [-0.4, -0.2) is 4.98 Å². The molecule has 1 nitrogen and oxygen atoms in total. The van der Waals surface area contributed by atoms with Crippen LogP contribution in [-0.2, 0) is 10.8 Å². The van der Waals surface area contributed by atoms with Crippen LogP contribution in [0.3, 0.4) is 0 Å². The first-order chi connectivity index (χ1) is 13.1. The molecule has 0 aliphatic rings. The lowest BCUT2D eigenvalue weighted by Gasteiger charge is -2.21. The van der Waals surface area contributed by atoms with Crippen molar-refractivity contribution in [1.29, 1.82) is 0 Å². The molecule has 2 heteroatoms. The zero-order valence-corrected chi connectivity index (χ0v) is 18.3. The van der Waals surface area contributed by atoms with Gasteiger partial charge in [0.2, 0.25) is 0 Å². The van der Waals surface area contributed by atoms with E-state index in [-0.39, 0.29) is 10.8 Å². The normalized spacial score (nSPS) is 13.4. The molecule has 0 bridgehead atoms. The molecule has 0 saturated carbocycles. The molecule has 0 fully saturated rings. The van der Waals surface area contributed by atoms with Crippen LogP contribution in [0, 0.1) is 0 Å². The summed E-state index contributed by atoms with van der Waals surface area (Å²) in [5, 5.41) is 5.49. The molecule has 0 amide bonds. The lowest BCUT2D eigenvalue weighted by molar-refractivity contribution is 0.591. The van der Waals surface area contributed by atoms with E-state index in [1.165, 1.54) is 53.1 Å². The largest absolute Gasteiger partial charge is 0.353 e. The lowest BCUT2D eigenvalue weighted by Crippen LogP contribution is -2.11. The number of hydrogen-bond donors (Lipinski definition) is 1. The van der Waals surface area contributed by atoms with E-state index in [1.54, 1.807) is 0 Å². The maximum Gasteiger partial charge on any atom is 0.0646 e. The Labute approximate surface area is 170 Å². The third-order valence-corrected chi connectivity index (χ3v) is 7.08. The molecule has 0 aliphatic carbocycles. The Morgan fingerprint density at radius 2 is 1.50 bits per heavy atom. The van der Waals surface area contributed by atoms with Gasteiger partial charge in [-0.1, -0.05) is 65.8 Å². The van der Waals surface area contributed by atoms with Gasteiger partial charge in [-0.2, -0.15) is 0 Å². The predicted molar refractivity (Wildman–Crippen MR) is 126 cm³/mol. The Balaban J connectivity index is 2.01. The van der Waals surface area contributed by atoms with Crippen molar-refractivity contribution >= 4 is 53.3 Å². The van der Waals surface area contributed by atoms with Gasteiger partial charge in [-0.25, -0.2) is 0 Å². The fourth-order valence-corrected chi connectivity index (χ4v) is 5.54. The van der Waals surface area contributed by atoms with Gasteiger partial charge in [0.05, 0.1) is 10.2 Å². The number of rotatable bonds is 0. The Kier molecular flexibility index (Phi) is 3.56. The minimum absolute atomic E-state index is 0.0848. The first-order valence-corrected chi connectivity index (χ1v) is 10.9. The van der Waals surface area contributed by atoms with Gasteiger partial charge in [0.15, 0.2) is 0 Å². The number of nitrogens with one attached hydrogen (secondary N) is 1. The monoisotopic (exact) mass is 385 g/mol. The Morgan fingerprint density at radius 1 is 0.750 bits per heavy atom. The average Bonchev–Trinajstić information content (AvgIpc) is 3.17. The van der Waals surface area contributed by atoms with Crippen LogP contribution in [0.2, 0.25) is 0 Å². The summed E-state index contributed by atoms with van der Waals surface area (Å²) in [4.78, 5) is 3.75. The summed E-state index contributed by atoms with van der Waals surface area (Å²) >= 11 is 1.92. The quantitative estimate of drug-likeness (QED) is 0.276. The first kappa shape index (κ1) is 17.8. The first-order valence-electron chi connectivity index (χ1n) is 10.1. The van der Waals surface area contributed by atoms with E-state index >= 15 is 0 Å². The van der Waals surface area contributed by atoms with Crippen molar-refractivity contribution in [3.63, 3.8) is 0 Å². The molecule has 142 valence electrons. The molecule has 3 aromatic carbocycles. The van der Waals surface area contributed by atoms with Crippen LogP contribution in [0.4, 0.5) is 0 Å². The van der Waals surface area contributed by atoms with Crippen molar-refractivity contribution in [2.24, 2.45) is 0 Å². The highest BCUT2D eigenvalue weighted by Crippen LogP contribution is 2.45. The fourth-order valence-electron chi connectivity index (χ4n) is 4.31. The SMILES string of the molecule is CC(C)(C)c1ccc2[nH]c3c(cc(C(C)(C)C)c4c5ccccc5sc34)c2c1. The van der Waals surface area contributed by atoms with Crippen LogP contribution < -0.4 is 0 Å². The van der Waals surface area contributed by atoms with Gasteiger partial charge in [0.25, 0.3) is 0 Å². The van der Waals surface area contributed by atoms with E-state index in [9.17, 15) is 0 Å². The van der Waals surface area contributed by atoms with E-state index in [2.05, 4.69) is 95.1 Å². The molecule has 28 heavy (non-hydrogen) atoms. The number of H-pyrrole nitrogens is 1. The van der Waals surface area contributed by atoms with Crippen LogP contribution in [0.1, 0.15) is 52.7 Å². The topological polar surface area (TPSA) is 15.8 Å². The molecule has 5 aromatic rings. The maximum atomic E-state index is 3.75. The average molecular weight is 386 g/mol. The molecule has 0 aliphatic heterocycles. The third-order valence-electron chi connectivity index (χ3n) is 5.89. The number of benzene rings is 3.